The molecule has 1 rings (SSSR count). The summed E-state index contributed by atoms with van der Waals surface area (Å²) in [7, 11) is -4.52. The average Bonchev–Trinajstić information content (AvgIpc) is 2.65. The van der Waals surface area contributed by atoms with Crippen LogP contribution in [0.3, 0.4) is 0 Å². The minimum absolute atomic E-state index is 0.165. The zero-order valence-electron chi connectivity index (χ0n) is 12.8. The fourth-order valence-electron chi connectivity index (χ4n) is 2.11. The molecular formula is C14H18Cl4O3S2. The van der Waals surface area contributed by atoms with Gasteiger partial charge in [0.1, 0.15) is 5.25 Å². The van der Waals surface area contributed by atoms with Gasteiger partial charge in [-0.05, 0) is 39.7 Å². The van der Waals surface area contributed by atoms with E-state index in [2.05, 4.69) is 0 Å². The second-order valence-electron chi connectivity index (χ2n) is 5.72. The van der Waals surface area contributed by atoms with Crippen LogP contribution in [0.2, 0.25) is 8.67 Å². The second kappa shape index (κ2) is 8.26. The Bertz CT molecular complexity index is 676. The highest BCUT2D eigenvalue weighted by atomic mass is 35.5. The predicted molar refractivity (Wildman–Crippen MR) is 101 cm³/mol. The standard InChI is InChI=1S/C14H18Cl4O3S2/c1-8(2)5-4-6-14(3,18)12(16)11(23(19,20)21)9-7-10(15)22-13(9)17/h5,7,11-12H,4,6H2,1-3H3,(H,19,20,21)/t11-,12+,14+/m1/s1. The molecule has 0 bridgehead atoms. The van der Waals surface area contributed by atoms with Crippen molar-refractivity contribution in [2.24, 2.45) is 0 Å². The molecule has 132 valence electrons. The Morgan fingerprint density at radius 3 is 2.39 bits per heavy atom. The molecule has 1 N–H and O–H groups in total. The van der Waals surface area contributed by atoms with Crippen molar-refractivity contribution in [1.29, 1.82) is 0 Å². The minimum Gasteiger partial charge on any atom is -0.285 e. The third kappa shape index (κ3) is 6.07. The number of allylic oxidation sites excluding steroid dienone is 2. The molecule has 0 aliphatic rings. The lowest BCUT2D eigenvalue weighted by Crippen LogP contribution is -2.37. The molecule has 9 heteroatoms. The van der Waals surface area contributed by atoms with Crippen LogP contribution in [0.25, 0.3) is 0 Å². The van der Waals surface area contributed by atoms with Crippen molar-refractivity contribution >= 4 is 67.9 Å². The van der Waals surface area contributed by atoms with Crippen LogP contribution >= 0.6 is 57.7 Å². The van der Waals surface area contributed by atoms with Gasteiger partial charge >= 0.3 is 0 Å². The van der Waals surface area contributed by atoms with E-state index >= 15 is 0 Å². The van der Waals surface area contributed by atoms with Crippen LogP contribution in [0.4, 0.5) is 0 Å². The summed E-state index contributed by atoms with van der Waals surface area (Å²) in [5, 5.41) is -2.54. The fraction of sp³-hybridized carbons (Fsp3) is 0.571. The first-order valence-electron chi connectivity index (χ1n) is 6.73. The Morgan fingerprint density at radius 2 is 2.00 bits per heavy atom. The summed E-state index contributed by atoms with van der Waals surface area (Å²) in [4.78, 5) is -1.06. The van der Waals surface area contributed by atoms with Gasteiger partial charge in [-0.15, -0.1) is 34.5 Å². The lowest BCUT2D eigenvalue weighted by molar-refractivity contribution is 0.446. The van der Waals surface area contributed by atoms with Crippen LogP contribution in [-0.4, -0.2) is 23.2 Å². The second-order valence-corrected chi connectivity index (χ2v) is 10.9. The Hall–Kier alpha value is 0.510. The maximum Gasteiger partial charge on any atom is 0.273 e. The monoisotopic (exact) mass is 438 g/mol. The van der Waals surface area contributed by atoms with Crippen LogP contribution in [0.1, 0.15) is 44.4 Å². The molecule has 0 fully saturated rings. The van der Waals surface area contributed by atoms with Gasteiger partial charge in [-0.2, -0.15) is 8.42 Å². The van der Waals surface area contributed by atoms with E-state index < -0.39 is 25.6 Å². The smallest absolute Gasteiger partial charge is 0.273 e. The molecule has 0 amide bonds. The van der Waals surface area contributed by atoms with Gasteiger partial charge in [-0.3, -0.25) is 4.55 Å². The molecule has 0 saturated heterocycles. The van der Waals surface area contributed by atoms with E-state index in [-0.39, 0.29) is 9.90 Å². The van der Waals surface area contributed by atoms with Gasteiger partial charge in [0.2, 0.25) is 0 Å². The first-order valence-corrected chi connectivity index (χ1v) is 10.6. The number of rotatable bonds is 7. The highest BCUT2D eigenvalue weighted by Crippen LogP contribution is 2.46. The Morgan fingerprint density at radius 1 is 1.43 bits per heavy atom. The molecule has 3 atom stereocenters. The highest BCUT2D eigenvalue weighted by molar-refractivity contribution is 7.86. The molecule has 0 unspecified atom stereocenters. The first-order chi connectivity index (χ1) is 10.4. The van der Waals surface area contributed by atoms with E-state index in [0.717, 1.165) is 16.9 Å². The van der Waals surface area contributed by atoms with Crippen LogP contribution in [0.5, 0.6) is 0 Å². The normalized spacial score (nSPS) is 17.4. The maximum absolute atomic E-state index is 11.9. The number of thiophene rings is 1. The number of hydrogen-bond donors (Lipinski definition) is 1. The van der Waals surface area contributed by atoms with Gasteiger partial charge in [0, 0.05) is 5.56 Å². The van der Waals surface area contributed by atoms with Crippen molar-refractivity contribution in [1.82, 2.24) is 0 Å². The Balaban J connectivity index is 3.17. The zero-order valence-corrected chi connectivity index (χ0v) is 17.5. The molecule has 0 aromatic carbocycles. The van der Waals surface area contributed by atoms with Gasteiger partial charge in [-0.1, -0.05) is 34.9 Å². The van der Waals surface area contributed by atoms with Crippen LogP contribution < -0.4 is 0 Å². The molecule has 1 aromatic rings. The molecule has 0 saturated carbocycles. The first kappa shape index (κ1) is 21.6. The van der Waals surface area contributed by atoms with E-state index in [9.17, 15) is 13.0 Å². The Kier molecular flexibility index (Phi) is 7.74. The van der Waals surface area contributed by atoms with Crippen molar-refractivity contribution in [3.8, 4) is 0 Å². The molecule has 1 heterocycles. The van der Waals surface area contributed by atoms with Gasteiger partial charge in [0.15, 0.2) is 0 Å². The van der Waals surface area contributed by atoms with Crippen molar-refractivity contribution in [3.05, 3.63) is 32.0 Å². The average molecular weight is 440 g/mol. The van der Waals surface area contributed by atoms with Crippen molar-refractivity contribution < 1.29 is 13.0 Å². The van der Waals surface area contributed by atoms with Crippen LogP contribution in [0.15, 0.2) is 17.7 Å². The summed E-state index contributed by atoms with van der Waals surface area (Å²) in [6.07, 6.45) is 3.07. The summed E-state index contributed by atoms with van der Waals surface area (Å²) in [6.45, 7) is 5.56. The van der Waals surface area contributed by atoms with Gasteiger partial charge in [0.25, 0.3) is 10.1 Å². The number of alkyl halides is 2. The van der Waals surface area contributed by atoms with Gasteiger partial charge < -0.3 is 0 Å². The van der Waals surface area contributed by atoms with Crippen LogP contribution in [-0.2, 0) is 10.1 Å². The summed E-state index contributed by atoms with van der Waals surface area (Å²) in [6, 6.07) is 1.39. The topological polar surface area (TPSA) is 54.4 Å². The summed E-state index contributed by atoms with van der Waals surface area (Å²) in [5.41, 5.74) is 1.29. The molecule has 0 spiro atoms. The van der Waals surface area contributed by atoms with E-state index in [1.807, 2.05) is 19.9 Å². The number of hydrogen-bond acceptors (Lipinski definition) is 3. The van der Waals surface area contributed by atoms with Crippen molar-refractivity contribution in [2.75, 3.05) is 0 Å². The van der Waals surface area contributed by atoms with E-state index in [1.54, 1.807) is 6.92 Å². The van der Waals surface area contributed by atoms with Crippen molar-refractivity contribution in [2.45, 2.75) is 49.1 Å². The number of halogens is 4. The SMILES string of the molecule is CC(C)=CCC[C@](C)(Cl)[C@@H](Cl)[C@@H](c1cc(Cl)sc1Cl)S(=O)(=O)O. The predicted octanol–water partition coefficient (Wildman–Crippen LogP) is 6.34. The third-order valence-electron chi connectivity index (χ3n) is 3.34. The van der Waals surface area contributed by atoms with Crippen molar-refractivity contribution in [3.63, 3.8) is 0 Å². The van der Waals surface area contributed by atoms with E-state index in [1.165, 1.54) is 6.07 Å². The third-order valence-corrected chi connectivity index (χ3v) is 7.44. The molecule has 23 heavy (non-hydrogen) atoms. The Labute approximate surface area is 161 Å². The highest BCUT2D eigenvalue weighted by Gasteiger charge is 2.44. The molecule has 3 nitrogen and oxygen atoms in total. The lowest BCUT2D eigenvalue weighted by atomic mass is 9.95. The summed E-state index contributed by atoms with van der Waals surface area (Å²) in [5.74, 6) is 0. The summed E-state index contributed by atoms with van der Waals surface area (Å²) >= 11 is 25.7. The maximum atomic E-state index is 11.9. The molecule has 0 aliphatic carbocycles. The van der Waals surface area contributed by atoms with E-state index in [4.69, 9.17) is 46.4 Å². The minimum atomic E-state index is -4.52. The zero-order chi connectivity index (χ0) is 18.0. The van der Waals surface area contributed by atoms with Gasteiger partial charge in [0.05, 0.1) is 18.9 Å². The fourth-order valence-corrected chi connectivity index (χ4v) is 5.86. The van der Waals surface area contributed by atoms with Gasteiger partial charge in [-0.25, -0.2) is 0 Å². The molecule has 1 aromatic heterocycles. The van der Waals surface area contributed by atoms with Crippen LogP contribution in [0, 0.1) is 0 Å². The van der Waals surface area contributed by atoms with E-state index in [0.29, 0.717) is 17.2 Å². The molecule has 0 radical (unpaired) electrons. The lowest BCUT2D eigenvalue weighted by Gasteiger charge is -2.32. The molecule has 0 aliphatic heterocycles. The quantitative estimate of drug-likeness (QED) is 0.306. The summed E-state index contributed by atoms with van der Waals surface area (Å²) < 4.78 is 33.8. The largest absolute Gasteiger partial charge is 0.285 e. The molecular weight excluding hydrogens is 422 g/mol.